The van der Waals surface area contributed by atoms with Gasteiger partial charge in [0.2, 0.25) is 5.91 Å². The molecule has 2 atom stereocenters. The summed E-state index contributed by atoms with van der Waals surface area (Å²) in [6, 6.07) is 9.81. The van der Waals surface area contributed by atoms with Crippen molar-refractivity contribution in [3.05, 3.63) is 35.9 Å². The van der Waals surface area contributed by atoms with Crippen LogP contribution in [0.3, 0.4) is 0 Å². The van der Waals surface area contributed by atoms with Crippen LogP contribution in [0.4, 0.5) is 0 Å². The van der Waals surface area contributed by atoms with Gasteiger partial charge in [0.05, 0.1) is 12.1 Å². The van der Waals surface area contributed by atoms with Crippen molar-refractivity contribution in [3.63, 3.8) is 0 Å². The molecule has 1 aliphatic rings. The molecule has 1 unspecified atom stereocenters. The Morgan fingerprint density at radius 1 is 1.35 bits per heavy atom. The van der Waals surface area contributed by atoms with Gasteiger partial charge in [0, 0.05) is 0 Å². The average molecular weight is 255 g/mol. The maximum absolute atomic E-state index is 11.6. The predicted molar refractivity (Wildman–Crippen MR) is 70.9 cm³/mol. The number of hydrogen-bond acceptors (Lipinski definition) is 2. The predicted octanol–water partition coefficient (Wildman–Crippen LogP) is 2.02. The van der Waals surface area contributed by atoms with Crippen molar-refractivity contribution >= 4 is 18.3 Å². The van der Waals surface area contributed by atoms with Crippen molar-refractivity contribution in [2.24, 2.45) is 11.7 Å². The van der Waals surface area contributed by atoms with Gasteiger partial charge in [0.1, 0.15) is 0 Å². The lowest BCUT2D eigenvalue weighted by molar-refractivity contribution is -0.122. The zero-order valence-electron chi connectivity index (χ0n) is 9.93. The maximum atomic E-state index is 11.6. The second-order valence-corrected chi connectivity index (χ2v) is 4.52. The fourth-order valence-electron chi connectivity index (χ4n) is 1.85. The van der Waals surface area contributed by atoms with Crippen LogP contribution in [0, 0.1) is 5.92 Å². The van der Waals surface area contributed by atoms with E-state index in [1.54, 1.807) is 6.92 Å². The Bertz CT molecular complexity index is 363. The molecular weight excluding hydrogens is 236 g/mol. The summed E-state index contributed by atoms with van der Waals surface area (Å²) in [5, 5.41) is 3.03. The molecule has 0 heterocycles. The fourth-order valence-corrected chi connectivity index (χ4v) is 1.85. The van der Waals surface area contributed by atoms with Gasteiger partial charge in [-0.2, -0.15) is 0 Å². The van der Waals surface area contributed by atoms with Gasteiger partial charge in [-0.1, -0.05) is 30.3 Å². The van der Waals surface area contributed by atoms with Crippen molar-refractivity contribution in [1.29, 1.82) is 0 Å². The Morgan fingerprint density at radius 2 is 1.94 bits per heavy atom. The molecule has 0 spiro atoms. The Balaban J connectivity index is 0.00000144. The van der Waals surface area contributed by atoms with E-state index in [0.717, 1.165) is 0 Å². The summed E-state index contributed by atoms with van der Waals surface area (Å²) in [7, 11) is 0. The van der Waals surface area contributed by atoms with E-state index in [1.807, 2.05) is 18.2 Å². The molecule has 1 amide bonds. The third-order valence-corrected chi connectivity index (χ3v) is 2.96. The number of rotatable bonds is 4. The van der Waals surface area contributed by atoms with E-state index in [4.69, 9.17) is 5.73 Å². The first-order chi connectivity index (χ1) is 7.68. The number of benzene rings is 1. The quantitative estimate of drug-likeness (QED) is 0.864. The highest BCUT2D eigenvalue weighted by Crippen LogP contribution is 2.40. The molecule has 2 rings (SSSR count). The minimum atomic E-state index is -0.440. The number of halogens is 1. The highest BCUT2D eigenvalue weighted by atomic mass is 35.5. The Morgan fingerprint density at radius 3 is 2.41 bits per heavy atom. The minimum absolute atomic E-state index is 0. The van der Waals surface area contributed by atoms with Crippen molar-refractivity contribution in [2.75, 3.05) is 0 Å². The van der Waals surface area contributed by atoms with Crippen LogP contribution in [0.2, 0.25) is 0 Å². The molecule has 4 heteroatoms. The normalized spacial score (nSPS) is 17.8. The van der Waals surface area contributed by atoms with E-state index in [-0.39, 0.29) is 24.4 Å². The van der Waals surface area contributed by atoms with Crippen molar-refractivity contribution in [1.82, 2.24) is 5.32 Å². The van der Waals surface area contributed by atoms with E-state index in [2.05, 4.69) is 17.4 Å². The van der Waals surface area contributed by atoms with Gasteiger partial charge in [-0.3, -0.25) is 4.79 Å². The first-order valence-electron chi connectivity index (χ1n) is 5.79. The third kappa shape index (κ3) is 3.72. The number of hydrogen-bond donors (Lipinski definition) is 2. The number of amides is 1. The molecule has 1 aliphatic carbocycles. The van der Waals surface area contributed by atoms with Crippen LogP contribution in [0.25, 0.3) is 0 Å². The topological polar surface area (TPSA) is 55.1 Å². The van der Waals surface area contributed by atoms with E-state index in [0.29, 0.717) is 5.92 Å². The Hall–Kier alpha value is -1.06. The molecule has 0 bridgehead atoms. The first kappa shape index (κ1) is 14.0. The van der Waals surface area contributed by atoms with Gasteiger partial charge in [-0.15, -0.1) is 12.4 Å². The van der Waals surface area contributed by atoms with Crippen LogP contribution in [-0.4, -0.2) is 11.9 Å². The van der Waals surface area contributed by atoms with E-state index >= 15 is 0 Å². The second kappa shape index (κ2) is 6.03. The molecule has 3 N–H and O–H groups in total. The molecule has 1 aromatic carbocycles. The van der Waals surface area contributed by atoms with Gasteiger partial charge in [0.25, 0.3) is 0 Å². The summed E-state index contributed by atoms with van der Waals surface area (Å²) in [5.74, 6) is 0.519. The molecule has 0 saturated heterocycles. The van der Waals surface area contributed by atoms with E-state index in [1.165, 1.54) is 18.4 Å². The number of carbonyl (C=O) groups excluding carboxylic acids is 1. The van der Waals surface area contributed by atoms with Crippen LogP contribution < -0.4 is 11.1 Å². The molecule has 94 valence electrons. The lowest BCUT2D eigenvalue weighted by Gasteiger charge is -2.20. The molecule has 0 aliphatic heterocycles. The van der Waals surface area contributed by atoms with Crippen LogP contribution in [0.5, 0.6) is 0 Å². The monoisotopic (exact) mass is 254 g/mol. The van der Waals surface area contributed by atoms with Gasteiger partial charge in [0.15, 0.2) is 0 Å². The Labute approximate surface area is 108 Å². The third-order valence-electron chi connectivity index (χ3n) is 2.96. The molecule has 0 aromatic heterocycles. The van der Waals surface area contributed by atoms with E-state index < -0.39 is 6.04 Å². The fraction of sp³-hybridized carbons (Fsp3) is 0.462. The summed E-state index contributed by atoms with van der Waals surface area (Å²) in [5.41, 5.74) is 6.75. The zero-order chi connectivity index (χ0) is 11.5. The van der Waals surface area contributed by atoms with Crippen LogP contribution in [0.1, 0.15) is 31.4 Å². The number of nitrogens with one attached hydrogen (secondary N) is 1. The summed E-state index contributed by atoms with van der Waals surface area (Å²) in [4.78, 5) is 11.6. The summed E-state index contributed by atoms with van der Waals surface area (Å²) < 4.78 is 0. The van der Waals surface area contributed by atoms with Gasteiger partial charge < -0.3 is 11.1 Å². The highest BCUT2D eigenvalue weighted by Gasteiger charge is 2.33. The standard InChI is InChI=1S/C13H18N2O.ClH/c1-9(14)13(16)15-12(11-7-8-11)10-5-3-2-4-6-10;/h2-6,9,11-12H,7-8,14H2,1H3,(H,15,16);1H/t9-,12?;/m1./s1. The van der Waals surface area contributed by atoms with Crippen LogP contribution in [0.15, 0.2) is 30.3 Å². The summed E-state index contributed by atoms with van der Waals surface area (Å²) in [6.07, 6.45) is 2.39. The minimum Gasteiger partial charge on any atom is -0.348 e. The molecule has 3 nitrogen and oxygen atoms in total. The van der Waals surface area contributed by atoms with Crippen molar-refractivity contribution < 1.29 is 4.79 Å². The number of nitrogens with two attached hydrogens (primary N) is 1. The summed E-state index contributed by atoms with van der Waals surface area (Å²) in [6.45, 7) is 1.71. The lowest BCUT2D eigenvalue weighted by atomic mass is 10.0. The lowest BCUT2D eigenvalue weighted by Crippen LogP contribution is -2.40. The second-order valence-electron chi connectivity index (χ2n) is 4.52. The molecule has 0 radical (unpaired) electrons. The van der Waals surface area contributed by atoms with Gasteiger partial charge in [-0.25, -0.2) is 0 Å². The molecule has 1 fully saturated rings. The van der Waals surface area contributed by atoms with Crippen molar-refractivity contribution in [2.45, 2.75) is 31.8 Å². The molecule has 1 saturated carbocycles. The highest BCUT2D eigenvalue weighted by molar-refractivity contribution is 5.85. The average Bonchev–Trinajstić information content (AvgIpc) is 3.10. The smallest absolute Gasteiger partial charge is 0.237 e. The van der Waals surface area contributed by atoms with Gasteiger partial charge in [-0.05, 0) is 31.2 Å². The van der Waals surface area contributed by atoms with Crippen LogP contribution in [-0.2, 0) is 4.79 Å². The van der Waals surface area contributed by atoms with Crippen LogP contribution >= 0.6 is 12.4 Å². The molecule has 1 aromatic rings. The molecular formula is C13H19ClN2O. The van der Waals surface area contributed by atoms with E-state index in [9.17, 15) is 4.79 Å². The first-order valence-corrected chi connectivity index (χ1v) is 5.79. The largest absolute Gasteiger partial charge is 0.348 e. The van der Waals surface area contributed by atoms with Gasteiger partial charge >= 0.3 is 0 Å². The number of carbonyl (C=O) groups is 1. The van der Waals surface area contributed by atoms with Crippen molar-refractivity contribution in [3.8, 4) is 0 Å². The maximum Gasteiger partial charge on any atom is 0.237 e. The zero-order valence-corrected chi connectivity index (χ0v) is 10.7. The summed E-state index contributed by atoms with van der Waals surface area (Å²) >= 11 is 0. The molecule has 17 heavy (non-hydrogen) atoms. The Kier molecular flexibility index (Phi) is 4.97. The SMILES string of the molecule is C[C@@H](N)C(=O)NC(c1ccccc1)C1CC1.Cl.